The van der Waals surface area contributed by atoms with Crippen LogP contribution >= 0.6 is 0 Å². The smallest absolute Gasteiger partial charge is 0.207 e. The summed E-state index contributed by atoms with van der Waals surface area (Å²) in [6.07, 6.45) is 4.25. The van der Waals surface area contributed by atoms with Crippen LogP contribution in [0.25, 0.3) is 0 Å². The number of aryl methyl sites for hydroxylation is 2. The summed E-state index contributed by atoms with van der Waals surface area (Å²) < 4.78 is 15.9. The molecule has 0 saturated carbocycles. The zero-order valence-corrected chi connectivity index (χ0v) is 6.34. The zero-order chi connectivity index (χ0) is 7.56. The van der Waals surface area contributed by atoms with Crippen LogP contribution in [-0.2, 0) is 13.6 Å². The average Bonchev–Trinajstić information content (AvgIpc) is 2.20. The van der Waals surface area contributed by atoms with Gasteiger partial charge in [-0.25, -0.2) is 9.13 Å². The average molecular weight is 143 g/mol. The first-order valence-electron chi connectivity index (χ1n) is 3.46. The van der Waals surface area contributed by atoms with Crippen LogP contribution in [0.3, 0.4) is 0 Å². The Morgan fingerprint density at radius 3 is 2.80 bits per heavy atom. The maximum Gasteiger partial charge on any atom is 0.445 e. The minimum absolute atomic E-state index is 0.179. The summed E-state index contributed by atoms with van der Waals surface area (Å²) in [6.45, 7) is 2.78. The largest absolute Gasteiger partial charge is 0.445 e. The molecule has 1 aromatic rings. The van der Waals surface area contributed by atoms with Gasteiger partial charge in [0.15, 0.2) is 0 Å². The Morgan fingerprint density at radius 1 is 1.70 bits per heavy atom. The van der Waals surface area contributed by atoms with E-state index in [0.717, 1.165) is 13.0 Å². The lowest BCUT2D eigenvalue weighted by Gasteiger charge is -1.89. The molecular weight excluding hydrogens is 131 g/mol. The van der Waals surface area contributed by atoms with Gasteiger partial charge in [-0.3, -0.25) is 0 Å². The lowest BCUT2D eigenvalue weighted by atomic mass is 10.5. The molecule has 1 heterocycles. The van der Waals surface area contributed by atoms with Crippen molar-refractivity contribution in [3.8, 4) is 0 Å². The Bertz CT molecular complexity index is 217. The molecule has 0 fully saturated rings. The maximum atomic E-state index is 12.9. The van der Waals surface area contributed by atoms with Crippen molar-refractivity contribution >= 4 is 0 Å². The molecule has 0 N–H and O–H groups in total. The van der Waals surface area contributed by atoms with Gasteiger partial charge in [-0.05, 0) is 6.42 Å². The Labute approximate surface area is 59.9 Å². The van der Waals surface area contributed by atoms with Gasteiger partial charge in [0.25, 0.3) is 0 Å². The molecule has 1 aromatic heterocycles. The fourth-order valence-corrected chi connectivity index (χ4v) is 0.914. The first-order valence-corrected chi connectivity index (χ1v) is 3.46. The summed E-state index contributed by atoms with van der Waals surface area (Å²) in [5.74, 6) is 0. The number of halogens is 1. The lowest BCUT2D eigenvalue weighted by Crippen LogP contribution is -2.31. The fraction of sp³-hybridized carbons (Fsp3) is 0.571. The van der Waals surface area contributed by atoms with Crippen LogP contribution in [0.15, 0.2) is 12.4 Å². The quantitative estimate of drug-likeness (QED) is 0.543. The standard InChI is InChI=1S/C7H12FN2/c1-3-4-10-6-5-9(2)7(10)8/h5-6H,3-4H2,1-2H3/q+1. The van der Waals surface area contributed by atoms with E-state index >= 15 is 0 Å². The van der Waals surface area contributed by atoms with E-state index in [1.807, 2.05) is 6.92 Å². The molecule has 2 nitrogen and oxygen atoms in total. The van der Waals surface area contributed by atoms with Crippen molar-refractivity contribution in [1.82, 2.24) is 4.57 Å². The molecule has 10 heavy (non-hydrogen) atoms. The van der Waals surface area contributed by atoms with Crippen LogP contribution in [0.1, 0.15) is 13.3 Å². The van der Waals surface area contributed by atoms with Crippen molar-refractivity contribution in [1.29, 1.82) is 0 Å². The van der Waals surface area contributed by atoms with Crippen LogP contribution in [0.4, 0.5) is 4.39 Å². The van der Waals surface area contributed by atoms with Crippen molar-refractivity contribution in [2.24, 2.45) is 7.05 Å². The maximum absolute atomic E-state index is 12.9. The highest BCUT2D eigenvalue weighted by molar-refractivity contribution is 4.67. The molecule has 56 valence electrons. The SMILES string of the molecule is CCCn1cc[n+](C)c1F. The molecule has 0 unspecified atom stereocenters. The molecule has 0 saturated heterocycles. The second kappa shape index (κ2) is 2.82. The topological polar surface area (TPSA) is 8.81 Å². The third kappa shape index (κ3) is 1.17. The molecule has 0 aliphatic heterocycles. The molecule has 0 amide bonds. The van der Waals surface area contributed by atoms with Gasteiger partial charge in [-0.1, -0.05) is 6.92 Å². The summed E-state index contributed by atoms with van der Waals surface area (Å²) in [5.41, 5.74) is 0. The Kier molecular flexibility index (Phi) is 2.04. The third-order valence-corrected chi connectivity index (χ3v) is 1.46. The minimum atomic E-state index is -0.179. The number of imidazole rings is 1. The molecule has 0 aromatic carbocycles. The fourth-order valence-electron chi connectivity index (χ4n) is 0.914. The number of hydrogen-bond acceptors (Lipinski definition) is 0. The second-order valence-electron chi connectivity index (χ2n) is 2.37. The predicted octanol–water partition coefficient (Wildman–Crippen LogP) is 0.862. The molecular formula is C7H12FN2+. The van der Waals surface area contributed by atoms with E-state index in [4.69, 9.17) is 0 Å². The first-order chi connectivity index (χ1) is 4.75. The van der Waals surface area contributed by atoms with Crippen LogP contribution < -0.4 is 4.57 Å². The van der Waals surface area contributed by atoms with E-state index < -0.39 is 0 Å². The van der Waals surface area contributed by atoms with Crippen molar-refractivity contribution < 1.29 is 8.96 Å². The van der Waals surface area contributed by atoms with Crippen molar-refractivity contribution in [2.75, 3.05) is 0 Å². The van der Waals surface area contributed by atoms with Crippen LogP contribution in [0.5, 0.6) is 0 Å². The van der Waals surface area contributed by atoms with Gasteiger partial charge in [0, 0.05) is 0 Å². The molecule has 0 spiro atoms. The highest BCUT2D eigenvalue weighted by Gasteiger charge is 2.10. The van der Waals surface area contributed by atoms with Crippen molar-refractivity contribution in [3.63, 3.8) is 0 Å². The van der Waals surface area contributed by atoms with E-state index in [1.54, 1.807) is 24.0 Å². The monoisotopic (exact) mass is 143 g/mol. The minimum Gasteiger partial charge on any atom is -0.207 e. The Morgan fingerprint density at radius 2 is 2.40 bits per heavy atom. The van der Waals surface area contributed by atoms with Gasteiger partial charge in [-0.2, -0.15) is 0 Å². The van der Waals surface area contributed by atoms with Crippen molar-refractivity contribution in [3.05, 3.63) is 18.5 Å². The third-order valence-electron chi connectivity index (χ3n) is 1.46. The molecule has 0 aliphatic rings. The summed E-state index contributed by atoms with van der Waals surface area (Å²) in [6, 6.07) is 0. The van der Waals surface area contributed by atoms with Gasteiger partial charge in [-0.15, -0.1) is 4.39 Å². The highest BCUT2D eigenvalue weighted by Crippen LogP contribution is 1.93. The van der Waals surface area contributed by atoms with E-state index in [1.165, 1.54) is 4.57 Å². The molecule has 0 aliphatic carbocycles. The molecule has 1 rings (SSSR count). The molecule has 0 bridgehead atoms. The van der Waals surface area contributed by atoms with Gasteiger partial charge in [0.2, 0.25) is 0 Å². The lowest BCUT2D eigenvalue weighted by molar-refractivity contribution is -0.700. The predicted molar refractivity (Wildman–Crippen MR) is 35.9 cm³/mol. The number of rotatable bonds is 2. The van der Waals surface area contributed by atoms with E-state index in [0.29, 0.717) is 0 Å². The highest BCUT2D eigenvalue weighted by atomic mass is 19.1. The normalized spacial score (nSPS) is 10.3. The number of hydrogen-bond donors (Lipinski definition) is 0. The van der Waals surface area contributed by atoms with E-state index in [-0.39, 0.29) is 6.08 Å². The Balaban J connectivity index is 2.83. The summed E-state index contributed by atoms with van der Waals surface area (Å²) in [7, 11) is 1.70. The Hall–Kier alpha value is -0.860. The molecule has 3 heteroatoms. The van der Waals surface area contributed by atoms with Crippen LogP contribution in [-0.4, -0.2) is 4.57 Å². The summed E-state index contributed by atoms with van der Waals surface area (Å²) in [5, 5.41) is 0. The van der Waals surface area contributed by atoms with Gasteiger partial charge < -0.3 is 0 Å². The van der Waals surface area contributed by atoms with Crippen LogP contribution in [0, 0.1) is 6.08 Å². The summed E-state index contributed by atoms with van der Waals surface area (Å²) in [4.78, 5) is 0. The number of nitrogens with zero attached hydrogens (tertiary/aromatic N) is 2. The van der Waals surface area contributed by atoms with E-state index in [9.17, 15) is 4.39 Å². The molecule has 0 radical (unpaired) electrons. The van der Waals surface area contributed by atoms with E-state index in [2.05, 4.69) is 0 Å². The van der Waals surface area contributed by atoms with Gasteiger partial charge >= 0.3 is 6.08 Å². The van der Waals surface area contributed by atoms with Crippen LogP contribution in [0.2, 0.25) is 0 Å². The zero-order valence-electron chi connectivity index (χ0n) is 6.34. The van der Waals surface area contributed by atoms with Gasteiger partial charge in [0.05, 0.1) is 13.6 Å². The molecule has 0 atom stereocenters. The van der Waals surface area contributed by atoms with Crippen molar-refractivity contribution in [2.45, 2.75) is 19.9 Å². The summed E-state index contributed by atoms with van der Waals surface area (Å²) >= 11 is 0. The van der Waals surface area contributed by atoms with Gasteiger partial charge in [0.1, 0.15) is 12.4 Å². The first kappa shape index (κ1) is 7.25. The second-order valence-corrected chi connectivity index (χ2v) is 2.37. The number of aromatic nitrogens is 2.